The highest BCUT2D eigenvalue weighted by molar-refractivity contribution is 5.91. The van der Waals surface area contributed by atoms with Crippen LogP contribution in [0, 0.1) is 17.8 Å². The lowest BCUT2D eigenvalue weighted by molar-refractivity contribution is -0.140. The van der Waals surface area contributed by atoms with Gasteiger partial charge in [0.05, 0.1) is 24.9 Å². The van der Waals surface area contributed by atoms with Crippen LogP contribution in [0.5, 0.6) is 0 Å². The normalized spacial score (nSPS) is 17.5. The van der Waals surface area contributed by atoms with Gasteiger partial charge in [0, 0.05) is 30.9 Å². The maximum Gasteiger partial charge on any atom is 0.305 e. The molecule has 1 aliphatic rings. The van der Waals surface area contributed by atoms with Crippen molar-refractivity contribution in [3.63, 3.8) is 0 Å². The first-order valence-electron chi connectivity index (χ1n) is 15.9. The number of nitrogens with zero attached hydrogens (tertiary/aromatic N) is 1. The van der Waals surface area contributed by atoms with Crippen molar-refractivity contribution in [1.29, 1.82) is 0 Å². The maximum absolute atomic E-state index is 13.6. The summed E-state index contributed by atoms with van der Waals surface area (Å²) >= 11 is 0. The van der Waals surface area contributed by atoms with E-state index < -0.39 is 36.5 Å². The fraction of sp³-hybridized carbons (Fsp3) is 0.636. The molecule has 238 valence electrons. The number of carbonyl (C=O) groups is 3. The zero-order chi connectivity index (χ0) is 31.2. The molecule has 1 aliphatic carbocycles. The lowest BCUT2D eigenvalue weighted by Gasteiger charge is -2.32. The van der Waals surface area contributed by atoms with Crippen LogP contribution in [-0.4, -0.2) is 62.2 Å². The summed E-state index contributed by atoms with van der Waals surface area (Å²) in [6.07, 6.45) is 11.2. The minimum Gasteiger partial charge on any atom is -0.481 e. The molecule has 10 heteroatoms. The number of H-pyrrole nitrogens is 1. The predicted octanol–water partition coefficient (Wildman–Crippen LogP) is 3.96. The minimum absolute atomic E-state index is 0.0427. The molecule has 1 heterocycles. The van der Waals surface area contributed by atoms with Crippen LogP contribution < -0.4 is 16.0 Å². The zero-order valence-corrected chi connectivity index (χ0v) is 25.9. The van der Waals surface area contributed by atoms with Crippen molar-refractivity contribution in [1.82, 2.24) is 25.9 Å². The van der Waals surface area contributed by atoms with Crippen molar-refractivity contribution in [2.24, 2.45) is 17.8 Å². The minimum atomic E-state index is -1.12. The van der Waals surface area contributed by atoms with Crippen molar-refractivity contribution in [3.05, 3.63) is 54.1 Å². The molecule has 3 rings (SSSR count). The first-order chi connectivity index (χ1) is 20.6. The van der Waals surface area contributed by atoms with E-state index in [1.807, 2.05) is 37.3 Å². The van der Waals surface area contributed by atoms with Crippen molar-refractivity contribution >= 4 is 17.8 Å². The summed E-state index contributed by atoms with van der Waals surface area (Å²) in [6, 6.07) is 7.17. The molecule has 0 saturated heterocycles. The van der Waals surface area contributed by atoms with Gasteiger partial charge >= 0.3 is 5.97 Å². The summed E-state index contributed by atoms with van der Waals surface area (Å²) in [5.41, 5.74) is 1.57. The molecule has 2 amide bonds. The van der Waals surface area contributed by atoms with Crippen LogP contribution in [0.3, 0.4) is 0 Å². The maximum atomic E-state index is 13.6. The number of hydrogen-bond acceptors (Lipinski definition) is 6. The van der Waals surface area contributed by atoms with E-state index in [2.05, 4.69) is 39.8 Å². The van der Waals surface area contributed by atoms with Crippen LogP contribution >= 0.6 is 0 Å². The molecule has 0 radical (unpaired) electrons. The number of aromatic amines is 1. The molecule has 5 atom stereocenters. The average molecular weight is 598 g/mol. The second-order valence-electron chi connectivity index (χ2n) is 12.5. The van der Waals surface area contributed by atoms with Gasteiger partial charge in [-0.05, 0) is 49.5 Å². The molecule has 1 unspecified atom stereocenters. The smallest absolute Gasteiger partial charge is 0.305 e. The molecular weight excluding hydrogens is 546 g/mol. The highest BCUT2D eigenvalue weighted by Crippen LogP contribution is 2.29. The summed E-state index contributed by atoms with van der Waals surface area (Å²) in [7, 11) is 0. The van der Waals surface area contributed by atoms with Crippen LogP contribution in [0.25, 0.3) is 0 Å². The standard InChI is InChI=1S/C33H51N5O5/c1-22(2)28(17-27(39)15-14-24-10-6-4-7-11-24)23(3)37-33(43)30(16-26-20-34-21-36-26)38-32(42)29(18-31(40)41)35-19-25-12-8-5-9-13-25/h5,8-9,12-13,20-24,27-30,35,39H,4,6-7,10-11,14-19H2,1-3H3,(H,34,36)(H,37,43)(H,38,42)(H,40,41)/t23-,27-,28-,29?,30+/m0/s1. The van der Waals surface area contributed by atoms with E-state index in [9.17, 15) is 24.6 Å². The van der Waals surface area contributed by atoms with Crippen LogP contribution in [-0.2, 0) is 27.3 Å². The first-order valence-corrected chi connectivity index (χ1v) is 15.9. The van der Waals surface area contributed by atoms with E-state index in [0.717, 1.165) is 18.4 Å². The van der Waals surface area contributed by atoms with Gasteiger partial charge in [-0.3, -0.25) is 14.4 Å². The number of aliphatic hydroxyl groups is 1. The highest BCUT2D eigenvalue weighted by Gasteiger charge is 2.31. The number of hydrogen-bond donors (Lipinski definition) is 6. The molecular formula is C33H51N5O5. The third-order valence-corrected chi connectivity index (χ3v) is 8.75. The lowest BCUT2D eigenvalue weighted by Crippen LogP contribution is -2.56. The number of aliphatic hydroxyl groups excluding tert-OH is 1. The molecule has 0 bridgehead atoms. The molecule has 1 aromatic heterocycles. The number of carboxylic acid groups (broad SMARTS) is 1. The van der Waals surface area contributed by atoms with Crippen molar-refractivity contribution in [2.75, 3.05) is 0 Å². The largest absolute Gasteiger partial charge is 0.481 e. The number of rotatable bonds is 18. The summed E-state index contributed by atoms with van der Waals surface area (Å²) in [4.78, 5) is 45.6. The van der Waals surface area contributed by atoms with Crippen molar-refractivity contribution in [2.45, 2.75) is 116 Å². The van der Waals surface area contributed by atoms with Gasteiger partial charge in [0.25, 0.3) is 0 Å². The van der Waals surface area contributed by atoms with Gasteiger partial charge in [0.1, 0.15) is 6.04 Å². The fourth-order valence-corrected chi connectivity index (χ4v) is 6.19. The quantitative estimate of drug-likeness (QED) is 0.152. The predicted molar refractivity (Wildman–Crippen MR) is 166 cm³/mol. The SMILES string of the molecule is CC(C)[C@H](C[C@@H](O)CCC1CCCCC1)[C@H](C)NC(=O)[C@@H](Cc1cnc[nH]1)NC(=O)C(CC(=O)O)NCc1ccccc1. The first kappa shape index (κ1) is 34.3. The van der Waals surface area contributed by atoms with Gasteiger partial charge in [0.2, 0.25) is 11.8 Å². The van der Waals surface area contributed by atoms with E-state index in [1.165, 1.54) is 38.4 Å². The second-order valence-corrected chi connectivity index (χ2v) is 12.5. The number of imidazole rings is 1. The van der Waals surface area contributed by atoms with Gasteiger partial charge in [-0.15, -0.1) is 0 Å². The van der Waals surface area contributed by atoms with E-state index in [-0.39, 0.29) is 30.2 Å². The summed E-state index contributed by atoms with van der Waals surface area (Å²) in [6.45, 7) is 6.44. The van der Waals surface area contributed by atoms with Gasteiger partial charge < -0.3 is 31.1 Å². The number of benzene rings is 1. The Morgan fingerprint density at radius 3 is 2.33 bits per heavy atom. The number of carboxylic acids is 1. The Morgan fingerprint density at radius 1 is 1.00 bits per heavy atom. The van der Waals surface area contributed by atoms with Gasteiger partial charge in [-0.1, -0.05) is 76.3 Å². The topological polar surface area (TPSA) is 156 Å². The van der Waals surface area contributed by atoms with Crippen LogP contribution in [0.4, 0.5) is 0 Å². The number of aliphatic carboxylic acids is 1. The van der Waals surface area contributed by atoms with E-state index in [4.69, 9.17) is 0 Å². The number of amides is 2. The molecule has 2 aromatic rings. The van der Waals surface area contributed by atoms with E-state index in [1.54, 1.807) is 6.20 Å². The Kier molecular flexibility index (Phi) is 14.2. The Labute approximate surface area is 255 Å². The Balaban J connectivity index is 1.64. The van der Waals surface area contributed by atoms with Crippen LogP contribution in [0.15, 0.2) is 42.9 Å². The van der Waals surface area contributed by atoms with Gasteiger partial charge in [-0.2, -0.15) is 0 Å². The molecule has 1 saturated carbocycles. The molecule has 1 fully saturated rings. The third-order valence-electron chi connectivity index (χ3n) is 8.75. The molecule has 0 spiro atoms. The summed E-state index contributed by atoms with van der Waals surface area (Å²) < 4.78 is 0. The summed E-state index contributed by atoms with van der Waals surface area (Å²) in [5.74, 6) is -1.08. The van der Waals surface area contributed by atoms with Crippen LogP contribution in [0.2, 0.25) is 0 Å². The lowest BCUT2D eigenvalue weighted by atomic mass is 9.81. The fourth-order valence-electron chi connectivity index (χ4n) is 6.19. The molecule has 10 nitrogen and oxygen atoms in total. The Morgan fingerprint density at radius 2 is 1.70 bits per heavy atom. The second kappa shape index (κ2) is 17.8. The zero-order valence-electron chi connectivity index (χ0n) is 25.9. The van der Waals surface area contributed by atoms with Gasteiger partial charge in [-0.25, -0.2) is 4.98 Å². The third kappa shape index (κ3) is 12.1. The Hall–Kier alpha value is -3.24. The average Bonchev–Trinajstić information content (AvgIpc) is 3.50. The highest BCUT2D eigenvalue weighted by atomic mass is 16.4. The summed E-state index contributed by atoms with van der Waals surface area (Å²) in [5, 5.41) is 29.3. The van der Waals surface area contributed by atoms with Crippen molar-refractivity contribution < 1.29 is 24.6 Å². The van der Waals surface area contributed by atoms with Gasteiger partial charge in [0.15, 0.2) is 0 Å². The number of carbonyl (C=O) groups excluding carboxylic acids is 2. The number of aromatic nitrogens is 2. The molecule has 43 heavy (non-hydrogen) atoms. The monoisotopic (exact) mass is 597 g/mol. The molecule has 1 aromatic carbocycles. The van der Waals surface area contributed by atoms with E-state index in [0.29, 0.717) is 24.6 Å². The van der Waals surface area contributed by atoms with Crippen molar-refractivity contribution in [3.8, 4) is 0 Å². The molecule has 6 N–H and O–H groups in total. The van der Waals surface area contributed by atoms with Crippen LogP contribution in [0.1, 0.15) is 89.8 Å². The molecule has 0 aliphatic heterocycles. The number of nitrogens with one attached hydrogen (secondary N) is 4. The van der Waals surface area contributed by atoms with E-state index >= 15 is 0 Å². The Bertz CT molecular complexity index is 1100.